The summed E-state index contributed by atoms with van der Waals surface area (Å²) >= 11 is 0. The van der Waals surface area contributed by atoms with Gasteiger partial charge in [-0.05, 0) is 27.8 Å². The second-order valence-electron chi connectivity index (χ2n) is 5.72. The third kappa shape index (κ3) is 3.72. The van der Waals surface area contributed by atoms with Crippen molar-refractivity contribution >= 4 is 0 Å². The number of likely N-dealkylation sites (N-methyl/N-ethyl adjacent to an activating group) is 1. The summed E-state index contributed by atoms with van der Waals surface area (Å²) in [6.45, 7) is 7.81. The maximum atomic E-state index is 4.35. The Kier molecular flexibility index (Phi) is 4.85. The highest BCUT2D eigenvalue weighted by Gasteiger charge is 2.31. The molecule has 5 nitrogen and oxygen atoms in total. The van der Waals surface area contributed by atoms with Crippen molar-refractivity contribution in [1.82, 2.24) is 25.7 Å². The molecule has 1 aromatic heterocycles. The van der Waals surface area contributed by atoms with Gasteiger partial charge in [-0.2, -0.15) is 0 Å². The second kappa shape index (κ2) is 6.41. The van der Waals surface area contributed by atoms with E-state index in [1.807, 2.05) is 6.20 Å². The van der Waals surface area contributed by atoms with E-state index in [2.05, 4.69) is 53.5 Å². The van der Waals surface area contributed by atoms with Crippen molar-refractivity contribution in [3.8, 4) is 0 Å². The maximum Gasteiger partial charge on any atom is 0.0602 e. The van der Waals surface area contributed by atoms with Crippen LogP contribution in [-0.2, 0) is 6.42 Å². The molecule has 1 aliphatic heterocycles. The topological polar surface area (TPSA) is 53.1 Å². The Hall–Kier alpha value is -1.04. The minimum absolute atomic E-state index is 0.469. The number of hydrazine groups is 1. The highest BCUT2D eigenvalue weighted by atomic mass is 15.4. The first-order valence-corrected chi connectivity index (χ1v) is 7.04. The SMILES string of the molecule is CC1NNC(C)C1CN(C)C(C)Cc1cnccn1. The zero-order valence-corrected chi connectivity index (χ0v) is 12.3. The van der Waals surface area contributed by atoms with Crippen molar-refractivity contribution in [1.29, 1.82) is 0 Å². The summed E-state index contributed by atoms with van der Waals surface area (Å²) in [6, 6.07) is 1.50. The van der Waals surface area contributed by atoms with E-state index in [1.54, 1.807) is 12.4 Å². The van der Waals surface area contributed by atoms with E-state index in [1.165, 1.54) is 0 Å². The first kappa shape index (κ1) is 14.4. The summed E-state index contributed by atoms with van der Waals surface area (Å²) in [5.41, 5.74) is 7.69. The minimum Gasteiger partial charge on any atom is -0.303 e. The van der Waals surface area contributed by atoms with Crippen LogP contribution in [0.25, 0.3) is 0 Å². The lowest BCUT2D eigenvalue weighted by molar-refractivity contribution is 0.202. The molecule has 0 spiro atoms. The van der Waals surface area contributed by atoms with Crippen LogP contribution < -0.4 is 10.9 Å². The van der Waals surface area contributed by atoms with Crippen LogP contribution in [0.2, 0.25) is 0 Å². The molecule has 1 aliphatic rings. The summed E-state index contributed by atoms with van der Waals surface area (Å²) in [4.78, 5) is 10.9. The van der Waals surface area contributed by atoms with Gasteiger partial charge in [0.1, 0.15) is 0 Å². The van der Waals surface area contributed by atoms with E-state index in [0.717, 1.165) is 18.7 Å². The number of hydrogen-bond donors (Lipinski definition) is 2. The van der Waals surface area contributed by atoms with E-state index in [4.69, 9.17) is 0 Å². The molecule has 2 N–H and O–H groups in total. The molecule has 1 fully saturated rings. The van der Waals surface area contributed by atoms with E-state index >= 15 is 0 Å². The zero-order valence-electron chi connectivity index (χ0n) is 12.3. The molecule has 5 heteroatoms. The average Bonchev–Trinajstić information content (AvgIpc) is 2.71. The number of aromatic nitrogens is 2. The lowest BCUT2D eigenvalue weighted by atomic mass is 9.95. The van der Waals surface area contributed by atoms with Gasteiger partial charge in [0.2, 0.25) is 0 Å². The first-order chi connectivity index (χ1) is 9.08. The Labute approximate surface area is 115 Å². The van der Waals surface area contributed by atoms with E-state index < -0.39 is 0 Å². The molecule has 2 heterocycles. The van der Waals surface area contributed by atoms with Crippen molar-refractivity contribution in [2.75, 3.05) is 13.6 Å². The van der Waals surface area contributed by atoms with E-state index in [-0.39, 0.29) is 0 Å². The van der Waals surface area contributed by atoms with Crippen molar-refractivity contribution in [2.24, 2.45) is 5.92 Å². The Morgan fingerprint density at radius 3 is 2.53 bits per heavy atom. The molecule has 0 amide bonds. The zero-order chi connectivity index (χ0) is 13.8. The summed E-state index contributed by atoms with van der Waals surface area (Å²) in [5.74, 6) is 0.634. The fraction of sp³-hybridized carbons (Fsp3) is 0.714. The van der Waals surface area contributed by atoms with Gasteiger partial charge in [-0.1, -0.05) is 0 Å². The Bertz CT molecular complexity index is 373. The summed E-state index contributed by atoms with van der Waals surface area (Å²) in [5, 5.41) is 0. The van der Waals surface area contributed by atoms with Crippen molar-refractivity contribution in [2.45, 2.75) is 45.3 Å². The largest absolute Gasteiger partial charge is 0.303 e. The van der Waals surface area contributed by atoms with Gasteiger partial charge in [0, 0.05) is 55.6 Å². The number of hydrogen-bond acceptors (Lipinski definition) is 5. The molecule has 3 atom stereocenters. The molecule has 0 bridgehead atoms. The predicted octanol–water partition coefficient (Wildman–Crippen LogP) is 0.840. The van der Waals surface area contributed by atoms with Crippen LogP contribution in [0.3, 0.4) is 0 Å². The summed E-state index contributed by atoms with van der Waals surface area (Å²) in [7, 11) is 2.19. The summed E-state index contributed by atoms with van der Waals surface area (Å²) < 4.78 is 0. The van der Waals surface area contributed by atoms with Gasteiger partial charge < -0.3 is 4.90 Å². The third-order valence-corrected chi connectivity index (χ3v) is 4.20. The van der Waals surface area contributed by atoms with Crippen LogP contribution in [0, 0.1) is 5.92 Å². The molecular formula is C14H25N5. The number of rotatable bonds is 5. The average molecular weight is 263 g/mol. The monoisotopic (exact) mass is 263 g/mol. The highest BCUT2D eigenvalue weighted by molar-refractivity contribution is 4.97. The molecule has 3 unspecified atom stereocenters. The molecule has 19 heavy (non-hydrogen) atoms. The fourth-order valence-electron chi connectivity index (χ4n) is 2.63. The van der Waals surface area contributed by atoms with Crippen molar-refractivity contribution in [3.63, 3.8) is 0 Å². The molecule has 0 saturated carbocycles. The van der Waals surface area contributed by atoms with Crippen molar-refractivity contribution in [3.05, 3.63) is 24.3 Å². The van der Waals surface area contributed by atoms with E-state index in [9.17, 15) is 0 Å². The Morgan fingerprint density at radius 2 is 1.95 bits per heavy atom. The van der Waals surface area contributed by atoms with Crippen LogP contribution in [0.4, 0.5) is 0 Å². The first-order valence-electron chi connectivity index (χ1n) is 7.04. The van der Waals surface area contributed by atoms with Crippen molar-refractivity contribution < 1.29 is 0 Å². The third-order valence-electron chi connectivity index (χ3n) is 4.20. The molecule has 0 aromatic carbocycles. The van der Waals surface area contributed by atoms with Gasteiger partial charge in [-0.3, -0.25) is 20.8 Å². The van der Waals surface area contributed by atoms with Crippen LogP contribution in [0.1, 0.15) is 26.5 Å². The second-order valence-corrected chi connectivity index (χ2v) is 5.72. The predicted molar refractivity (Wildman–Crippen MR) is 76.5 cm³/mol. The van der Waals surface area contributed by atoms with Gasteiger partial charge in [0.25, 0.3) is 0 Å². The lowest BCUT2D eigenvalue weighted by Gasteiger charge is -2.29. The lowest BCUT2D eigenvalue weighted by Crippen LogP contribution is -2.40. The fourth-order valence-corrected chi connectivity index (χ4v) is 2.63. The molecule has 2 rings (SSSR count). The normalized spacial score (nSPS) is 28.8. The Morgan fingerprint density at radius 1 is 1.26 bits per heavy atom. The number of nitrogens with one attached hydrogen (secondary N) is 2. The molecule has 1 aromatic rings. The van der Waals surface area contributed by atoms with Gasteiger partial charge in [-0.15, -0.1) is 0 Å². The van der Waals surface area contributed by atoms with Gasteiger partial charge in [-0.25, -0.2) is 0 Å². The smallest absolute Gasteiger partial charge is 0.0602 e. The van der Waals surface area contributed by atoms with Crippen LogP contribution in [0.15, 0.2) is 18.6 Å². The summed E-state index contributed by atoms with van der Waals surface area (Å²) in [6.07, 6.45) is 6.28. The van der Waals surface area contributed by atoms with Crippen LogP contribution in [0.5, 0.6) is 0 Å². The van der Waals surface area contributed by atoms with Gasteiger partial charge in [0.05, 0.1) is 5.69 Å². The van der Waals surface area contributed by atoms with Crippen LogP contribution in [-0.4, -0.2) is 46.6 Å². The molecular weight excluding hydrogens is 238 g/mol. The quantitative estimate of drug-likeness (QED) is 0.824. The van der Waals surface area contributed by atoms with E-state index in [0.29, 0.717) is 24.0 Å². The Balaban J connectivity index is 1.87. The van der Waals surface area contributed by atoms with Gasteiger partial charge in [0.15, 0.2) is 0 Å². The minimum atomic E-state index is 0.469. The van der Waals surface area contributed by atoms with Crippen LogP contribution >= 0.6 is 0 Å². The molecule has 0 aliphatic carbocycles. The number of nitrogens with zero attached hydrogens (tertiary/aromatic N) is 3. The molecule has 106 valence electrons. The standard InChI is InChI=1S/C14H25N5/c1-10(7-13-8-15-5-6-16-13)19(4)9-14-11(2)17-18-12(14)3/h5-6,8,10-12,14,17-18H,7,9H2,1-4H3. The molecule has 1 saturated heterocycles. The highest BCUT2D eigenvalue weighted by Crippen LogP contribution is 2.17. The molecule has 0 radical (unpaired) electrons. The van der Waals surface area contributed by atoms with Gasteiger partial charge >= 0.3 is 0 Å². The maximum absolute atomic E-state index is 4.35.